The Bertz CT molecular complexity index is 618. The van der Waals surface area contributed by atoms with Crippen molar-refractivity contribution in [1.82, 2.24) is 4.31 Å². The molecule has 3 nitrogen and oxygen atoms in total. The number of alkyl halides is 1. The third-order valence-corrected chi connectivity index (χ3v) is 7.67. The van der Waals surface area contributed by atoms with Crippen molar-refractivity contribution in [2.45, 2.75) is 56.3 Å². The van der Waals surface area contributed by atoms with Crippen LogP contribution in [0.25, 0.3) is 0 Å². The predicted octanol–water partition coefficient (Wildman–Crippen LogP) is 4.45. The second-order valence-electron chi connectivity index (χ2n) is 5.53. The summed E-state index contributed by atoms with van der Waals surface area (Å²) in [6, 6.07) is 3.72. The van der Waals surface area contributed by atoms with E-state index in [-0.39, 0.29) is 6.04 Å². The van der Waals surface area contributed by atoms with Crippen molar-refractivity contribution in [2.75, 3.05) is 6.54 Å². The first-order valence-corrected chi connectivity index (χ1v) is 10.1. The van der Waals surface area contributed by atoms with E-state index in [9.17, 15) is 8.42 Å². The van der Waals surface area contributed by atoms with Gasteiger partial charge in [-0.3, -0.25) is 0 Å². The molecule has 21 heavy (non-hydrogen) atoms. The fourth-order valence-electron chi connectivity index (χ4n) is 2.90. The first kappa shape index (κ1) is 17.3. The average Bonchev–Trinajstić information content (AvgIpc) is 2.49. The number of sulfonamides is 1. The number of halogens is 2. The molecule has 1 fully saturated rings. The van der Waals surface area contributed by atoms with Crippen LogP contribution in [0.2, 0.25) is 0 Å². The minimum Gasteiger partial charge on any atom is -0.207 e. The second kappa shape index (κ2) is 6.99. The highest BCUT2D eigenvalue weighted by Gasteiger charge is 2.34. The third-order valence-electron chi connectivity index (χ3n) is 4.07. The molecule has 2 rings (SSSR count). The van der Waals surface area contributed by atoms with Crippen LogP contribution in [0.4, 0.5) is 0 Å². The van der Waals surface area contributed by atoms with E-state index in [1.54, 1.807) is 10.4 Å². The van der Waals surface area contributed by atoms with Gasteiger partial charge in [0.25, 0.3) is 0 Å². The predicted molar refractivity (Wildman–Crippen MR) is 90.3 cm³/mol. The van der Waals surface area contributed by atoms with E-state index in [1.165, 1.54) is 0 Å². The molecular formula is C15H21BrClNO2S. The molecule has 1 aromatic carbocycles. The fraction of sp³-hybridized carbons (Fsp3) is 0.600. The molecule has 1 aliphatic heterocycles. The van der Waals surface area contributed by atoms with Crippen LogP contribution < -0.4 is 0 Å². The maximum absolute atomic E-state index is 13.1. The molecular weight excluding hydrogens is 374 g/mol. The quantitative estimate of drug-likeness (QED) is 0.708. The molecule has 1 unspecified atom stereocenters. The van der Waals surface area contributed by atoms with Gasteiger partial charge in [-0.25, -0.2) is 8.42 Å². The number of aryl methyl sites for hydroxylation is 1. The lowest BCUT2D eigenvalue weighted by Crippen LogP contribution is -2.43. The molecule has 118 valence electrons. The van der Waals surface area contributed by atoms with Gasteiger partial charge in [0.15, 0.2) is 0 Å². The SMILES string of the molecule is CCC1CCCCN1S(=O)(=O)c1cc(CCl)cc(C)c1Br. The summed E-state index contributed by atoms with van der Waals surface area (Å²) >= 11 is 9.33. The largest absolute Gasteiger partial charge is 0.244 e. The molecule has 0 amide bonds. The van der Waals surface area contributed by atoms with Crippen molar-refractivity contribution in [3.63, 3.8) is 0 Å². The molecule has 1 saturated heterocycles. The minimum absolute atomic E-state index is 0.107. The van der Waals surface area contributed by atoms with E-state index < -0.39 is 10.0 Å². The van der Waals surface area contributed by atoms with Gasteiger partial charge < -0.3 is 0 Å². The summed E-state index contributed by atoms with van der Waals surface area (Å²) < 4.78 is 28.4. The monoisotopic (exact) mass is 393 g/mol. The van der Waals surface area contributed by atoms with Gasteiger partial charge in [-0.2, -0.15) is 4.31 Å². The Hall–Kier alpha value is -0.100. The molecule has 0 saturated carbocycles. The normalized spacial score (nSPS) is 20.7. The summed E-state index contributed by atoms with van der Waals surface area (Å²) in [6.07, 6.45) is 3.83. The van der Waals surface area contributed by atoms with Gasteiger partial charge in [-0.05, 0) is 59.3 Å². The molecule has 1 aliphatic rings. The van der Waals surface area contributed by atoms with Crippen molar-refractivity contribution in [1.29, 1.82) is 0 Å². The molecule has 1 atom stereocenters. The van der Waals surface area contributed by atoms with Crippen LogP contribution in [0.1, 0.15) is 43.7 Å². The molecule has 0 radical (unpaired) electrons. The van der Waals surface area contributed by atoms with Crippen molar-refractivity contribution in [3.05, 3.63) is 27.7 Å². The fourth-order valence-corrected chi connectivity index (χ4v) is 5.85. The summed E-state index contributed by atoms with van der Waals surface area (Å²) in [5.74, 6) is 0.313. The summed E-state index contributed by atoms with van der Waals surface area (Å²) in [6.45, 7) is 4.55. The Labute approximate surface area is 140 Å². The van der Waals surface area contributed by atoms with Crippen molar-refractivity contribution in [3.8, 4) is 0 Å². The maximum atomic E-state index is 13.1. The zero-order valence-electron chi connectivity index (χ0n) is 12.4. The topological polar surface area (TPSA) is 37.4 Å². The smallest absolute Gasteiger partial charge is 0.207 e. The van der Waals surface area contributed by atoms with Gasteiger partial charge in [-0.15, -0.1) is 11.6 Å². The Kier molecular flexibility index (Phi) is 5.74. The first-order valence-electron chi connectivity index (χ1n) is 7.28. The second-order valence-corrected chi connectivity index (χ2v) is 8.45. The van der Waals surface area contributed by atoms with Crippen LogP contribution >= 0.6 is 27.5 Å². The lowest BCUT2D eigenvalue weighted by Gasteiger charge is -2.34. The van der Waals surface area contributed by atoms with Gasteiger partial charge in [-0.1, -0.05) is 19.4 Å². The van der Waals surface area contributed by atoms with E-state index in [0.29, 0.717) is 21.8 Å². The van der Waals surface area contributed by atoms with Crippen LogP contribution in [0, 0.1) is 6.92 Å². The molecule has 0 aliphatic carbocycles. The number of piperidine rings is 1. The molecule has 0 aromatic heterocycles. The molecule has 0 bridgehead atoms. The van der Waals surface area contributed by atoms with Crippen molar-refractivity contribution in [2.24, 2.45) is 0 Å². The van der Waals surface area contributed by atoms with E-state index in [2.05, 4.69) is 15.9 Å². The molecule has 6 heteroatoms. The molecule has 1 heterocycles. The summed E-state index contributed by atoms with van der Waals surface area (Å²) in [4.78, 5) is 0.346. The van der Waals surface area contributed by atoms with Gasteiger partial charge in [0.2, 0.25) is 10.0 Å². The number of nitrogens with zero attached hydrogens (tertiary/aromatic N) is 1. The number of benzene rings is 1. The summed E-state index contributed by atoms with van der Waals surface area (Å²) in [5, 5.41) is 0. The van der Waals surface area contributed by atoms with E-state index in [0.717, 1.165) is 36.8 Å². The van der Waals surface area contributed by atoms with Gasteiger partial charge >= 0.3 is 0 Å². The minimum atomic E-state index is -3.48. The van der Waals surface area contributed by atoms with E-state index in [4.69, 9.17) is 11.6 Å². The van der Waals surface area contributed by atoms with Gasteiger partial charge in [0.1, 0.15) is 0 Å². The zero-order valence-corrected chi connectivity index (χ0v) is 15.6. The molecule has 0 spiro atoms. The van der Waals surface area contributed by atoms with E-state index >= 15 is 0 Å². The van der Waals surface area contributed by atoms with Crippen LogP contribution in [0.3, 0.4) is 0 Å². The number of rotatable bonds is 4. The van der Waals surface area contributed by atoms with E-state index in [1.807, 2.05) is 19.9 Å². The van der Waals surface area contributed by atoms with Crippen LogP contribution in [0.15, 0.2) is 21.5 Å². The Morgan fingerprint density at radius 1 is 1.38 bits per heavy atom. The first-order chi connectivity index (χ1) is 9.91. The highest BCUT2D eigenvalue weighted by Crippen LogP contribution is 2.33. The summed E-state index contributed by atoms with van der Waals surface area (Å²) in [7, 11) is -3.48. The molecule has 1 aromatic rings. The van der Waals surface area contributed by atoms with Crippen LogP contribution in [-0.4, -0.2) is 25.3 Å². The Morgan fingerprint density at radius 3 is 2.71 bits per heavy atom. The van der Waals surface area contributed by atoms with Crippen molar-refractivity contribution >= 4 is 37.6 Å². The number of hydrogen-bond acceptors (Lipinski definition) is 2. The lowest BCUT2D eigenvalue weighted by molar-refractivity contribution is 0.246. The number of hydrogen-bond donors (Lipinski definition) is 0. The maximum Gasteiger partial charge on any atom is 0.244 e. The zero-order chi connectivity index (χ0) is 15.6. The van der Waals surface area contributed by atoms with Gasteiger partial charge in [0, 0.05) is 22.9 Å². The highest BCUT2D eigenvalue weighted by atomic mass is 79.9. The van der Waals surface area contributed by atoms with Crippen LogP contribution in [0.5, 0.6) is 0 Å². The highest BCUT2D eigenvalue weighted by molar-refractivity contribution is 9.10. The third kappa shape index (κ3) is 3.46. The Morgan fingerprint density at radius 2 is 2.10 bits per heavy atom. The Balaban J connectivity index is 2.50. The standard InChI is InChI=1S/C15H21BrClNO2S/c1-3-13-6-4-5-7-18(13)21(19,20)14-9-12(10-17)8-11(2)15(14)16/h8-9,13H,3-7,10H2,1-2H3. The average molecular weight is 395 g/mol. The lowest BCUT2D eigenvalue weighted by atomic mass is 10.0. The molecule has 0 N–H and O–H groups in total. The van der Waals surface area contributed by atoms with Crippen LogP contribution in [-0.2, 0) is 15.9 Å². The summed E-state index contributed by atoms with van der Waals surface area (Å²) in [5.41, 5.74) is 1.73. The van der Waals surface area contributed by atoms with Crippen molar-refractivity contribution < 1.29 is 8.42 Å². The van der Waals surface area contributed by atoms with Gasteiger partial charge in [0.05, 0.1) is 4.90 Å².